The zero-order valence-electron chi connectivity index (χ0n) is 15.5. The lowest BCUT2D eigenvalue weighted by Crippen LogP contribution is -2.40. The van der Waals surface area contributed by atoms with Gasteiger partial charge in [-0.25, -0.2) is 0 Å². The fourth-order valence-corrected chi connectivity index (χ4v) is 4.97. The number of nitrogens with zero attached hydrogens (tertiary/aromatic N) is 1. The Balaban J connectivity index is 1.58. The molecule has 2 fully saturated rings. The molecule has 5 nitrogen and oxygen atoms in total. The quantitative estimate of drug-likeness (QED) is 0.609. The number of methoxy groups -OCH3 is 1. The maximum Gasteiger partial charge on any atom is 0.312 e. The van der Waals surface area contributed by atoms with Crippen molar-refractivity contribution in [2.24, 2.45) is 11.8 Å². The fourth-order valence-electron chi connectivity index (χ4n) is 4.97. The number of hydrogen-bond acceptors (Lipinski definition) is 4. The van der Waals surface area contributed by atoms with E-state index in [0.29, 0.717) is 6.54 Å². The van der Waals surface area contributed by atoms with Crippen LogP contribution in [0.15, 0.2) is 72.8 Å². The van der Waals surface area contributed by atoms with Crippen LogP contribution in [-0.2, 0) is 19.1 Å². The molecule has 0 aliphatic carbocycles. The highest BCUT2D eigenvalue weighted by Gasteiger charge is 2.68. The number of hydrogen-bond donors (Lipinski definition) is 0. The molecule has 3 aliphatic heterocycles. The van der Waals surface area contributed by atoms with E-state index < -0.39 is 17.4 Å². The van der Waals surface area contributed by atoms with Crippen molar-refractivity contribution in [3.05, 3.63) is 83.9 Å². The highest BCUT2D eigenvalue weighted by molar-refractivity contribution is 5.91. The number of esters is 1. The van der Waals surface area contributed by atoms with Crippen LogP contribution >= 0.6 is 0 Å². The normalized spacial score (nSPS) is 30.1. The number of carbonyl (C=O) groups is 2. The number of likely N-dealkylation sites (tertiary alicyclic amines) is 1. The van der Waals surface area contributed by atoms with E-state index in [0.717, 1.165) is 11.1 Å². The van der Waals surface area contributed by atoms with Crippen LogP contribution in [0.1, 0.15) is 17.2 Å². The van der Waals surface area contributed by atoms with Gasteiger partial charge in [0.25, 0.3) is 0 Å². The minimum atomic E-state index is -0.748. The van der Waals surface area contributed by atoms with Gasteiger partial charge in [0.2, 0.25) is 5.91 Å². The first-order chi connectivity index (χ1) is 13.6. The van der Waals surface area contributed by atoms with Gasteiger partial charge in [-0.05, 0) is 11.1 Å². The average Bonchev–Trinajstić information content (AvgIpc) is 3.38. The lowest BCUT2D eigenvalue weighted by atomic mass is 9.77. The van der Waals surface area contributed by atoms with E-state index in [1.54, 1.807) is 0 Å². The molecule has 142 valence electrons. The molecule has 0 N–H and O–H groups in total. The summed E-state index contributed by atoms with van der Waals surface area (Å²) in [6, 6.07) is 19.7. The number of benzene rings is 2. The first kappa shape index (κ1) is 17.2. The predicted molar refractivity (Wildman–Crippen MR) is 102 cm³/mol. The zero-order chi connectivity index (χ0) is 19.3. The van der Waals surface area contributed by atoms with Crippen molar-refractivity contribution in [1.82, 2.24) is 4.90 Å². The minimum Gasteiger partial charge on any atom is -0.469 e. The van der Waals surface area contributed by atoms with E-state index in [-0.39, 0.29) is 24.0 Å². The monoisotopic (exact) mass is 375 g/mol. The lowest BCUT2D eigenvalue weighted by molar-refractivity contribution is -0.151. The lowest BCUT2D eigenvalue weighted by Gasteiger charge is -2.31. The molecule has 2 aromatic rings. The smallest absolute Gasteiger partial charge is 0.312 e. The highest BCUT2D eigenvalue weighted by Crippen LogP contribution is 2.54. The van der Waals surface area contributed by atoms with Gasteiger partial charge < -0.3 is 14.4 Å². The molecule has 5 heteroatoms. The number of rotatable bonds is 4. The van der Waals surface area contributed by atoms with E-state index in [4.69, 9.17) is 9.47 Å². The van der Waals surface area contributed by atoms with Crippen molar-refractivity contribution < 1.29 is 19.1 Å². The van der Waals surface area contributed by atoms with Gasteiger partial charge in [0.15, 0.2) is 0 Å². The predicted octanol–water partition coefficient (Wildman–Crippen LogP) is 2.73. The summed E-state index contributed by atoms with van der Waals surface area (Å²) in [7, 11) is 1.36. The SMILES string of the molecule is COC(=O)[C@H]1[C@H]2C(=O)N(C(c3ccccc3)c3ccccc3)C[C@@]23C=C[C@H]1O3. The van der Waals surface area contributed by atoms with Crippen molar-refractivity contribution in [2.45, 2.75) is 17.7 Å². The van der Waals surface area contributed by atoms with E-state index >= 15 is 0 Å². The number of amides is 1. The van der Waals surface area contributed by atoms with Gasteiger partial charge in [0.05, 0.1) is 31.7 Å². The summed E-state index contributed by atoms with van der Waals surface area (Å²) in [4.78, 5) is 27.9. The van der Waals surface area contributed by atoms with Crippen molar-refractivity contribution >= 4 is 11.9 Å². The van der Waals surface area contributed by atoms with Crippen LogP contribution in [0.5, 0.6) is 0 Å². The van der Waals surface area contributed by atoms with Gasteiger partial charge in [-0.1, -0.05) is 72.8 Å². The van der Waals surface area contributed by atoms with Gasteiger partial charge in [0, 0.05) is 0 Å². The number of ether oxygens (including phenoxy) is 2. The molecule has 3 heterocycles. The van der Waals surface area contributed by atoms with Gasteiger partial charge in [-0.3, -0.25) is 9.59 Å². The molecule has 2 aromatic carbocycles. The van der Waals surface area contributed by atoms with E-state index in [1.807, 2.05) is 77.7 Å². The molecule has 0 aromatic heterocycles. The Kier molecular flexibility index (Phi) is 3.88. The van der Waals surface area contributed by atoms with Crippen molar-refractivity contribution in [3.8, 4) is 0 Å². The van der Waals surface area contributed by atoms with Crippen LogP contribution in [0.25, 0.3) is 0 Å². The topological polar surface area (TPSA) is 55.8 Å². The van der Waals surface area contributed by atoms with Crippen molar-refractivity contribution in [3.63, 3.8) is 0 Å². The van der Waals surface area contributed by atoms with Crippen molar-refractivity contribution in [1.29, 1.82) is 0 Å². The van der Waals surface area contributed by atoms with Crippen LogP contribution in [0.4, 0.5) is 0 Å². The van der Waals surface area contributed by atoms with E-state index in [2.05, 4.69) is 0 Å². The Labute approximate surface area is 163 Å². The molecule has 1 spiro atoms. The molecule has 28 heavy (non-hydrogen) atoms. The second-order valence-electron chi connectivity index (χ2n) is 7.61. The molecule has 2 bridgehead atoms. The van der Waals surface area contributed by atoms with Gasteiger partial charge in [-0.2, -0.15) is 0 Å². The van der Waals surface area contributed by atoms with Crippen LogP contribution < -0.4 is 0 Å². The molecule has 0 unspecified atom stereocenters. The summed E-state index contributed by atoms with van der Waals surface area (Å²) in [6.07, 6.45) is 3.48. The minimum absolute atomic E-state index is 0.0556. The summed E-state index contributed by atoms with van der Waals surface area (Å²) in [6.45, 7) is 0.422. The molecule has 5 rings (SSSR count). The van der Waals surface area contributed by atoms with Crippen LogP contribution in [0.3, 0.4) is 0 Å². The maximum absolute atomic E-state index is 13.6. The Morgan fingerprint density at radius 1 is 1.11 bits per heavy atom. The van der Waals surface area contributed by atoms with Gasteiger partial charge in [-0.15, -0.1) is 0 Å². The molecule has 4 atom stereocenters. The Hall–Kier alpha value is -2.92. The third kappa shape index (κ3) is 2.36. The second kappa shape index (κ2) is 6.31. The highest BCUT2D eigenvalue weighted by atomic mass is 16.5. The van der Waals surface area contributed by atoms with Gasteiger partial charge in [0.1, 0.15) is 11.5 Å². The zero-order valence-corrected chi connectivity index (χ0v) is 15.5. The van der Waals surface area contributed by atoms with Crippen LogP contribution in [-0.4, -0.2) is 42.1 Å². The van der Waals surface area contributed by atoms with E-state index in [1.165, 1.54) is 7.11 Å². The Morgan fingerprint density at radius 2 is 1.71 bits per heavy atom. The third-order valence-electron chi connectivity index (χ3n) is 6.15. The Morgan fingerprint density at radius 3 is 2.29 bits per heavy atom. The van der Waals surface area contributed by atoms with Crippen LogP contribution in [0.2, 0.25) is 0 Å². The standard InChI is InChI=1S/C23H21NO4/c1-27-22(26)18-17-12-13-23(28-17)14-24(21(25)19(18)23)20(15-8-4-2-5-9-15)16-10-6-3-7-11-16/h2-13,17-20H,14H2,1H3/t17-,18-,19+,23+/m1/s1. The number of carbonyl (C=O) groups excluding carboxylic acids is 2. The van der Waals surface area contributed by atoms with E-state index in [9.17, 15) is 9.59 Å². The average molecular weight is 375 g/mol. The molecule has 3 aliphatic rings. The molecular weight excluding hydrogens is 354 g/mol. The van der Waals surface area contributed by atoms with Crippen LogP contribution in [0, 0.1) is 11.8 Å². The Bertz CT molecular complexity index is 902. The summed E-state index contributed by atoms with van der Waals surface area (Å²) >= 11 is 0. The summed E-state index contributed by atoms with van der Waals surface area (Å²) < 4.78 is 11.1. The largest absolute Gasteiger partial charge is 0.469 e. The summed E-state index contributed by atoms with van der Waals surface area (Å²) in [5, 5.41) is 0. The fraction of sp³-hybridized carbons (Fsp3) is 0.304. The number of fused-ring (bicyclic) bond motifs is 1. The summed E-state index contributed by atoms with van der Waals surface area (Å²) in [5.41, 5.74) is 1.32. The first-order valence-corrected chi connectivity index (χ1v) is 9.50. The molecule has 2 saturated heterocycles. The first-order valence-electron chi connectivity index (χ1n) is 9.50. The second-order valence-corrected chi connectivity index (χ2v) is 7.61. The molecule has 0 radical (unpaired) electrons. The molecular formula is C23H21NO4. The summed E-state index contributed by atoms with van der Waals surface area (Å²) in [5.74, 6) is -1.56. The third-order valence-corrected chi connectivity index (χ3v) is 6.15. The maximum atomic E-state index is 13.6. The van der Waals surface area contributed by atoms with Gasteiger partial charge >= 0.3 is 5.97 Å². The van der Waals surface area contributed by atoms with Crippen molar-refractivity contribution in [2.75, 3.05) is 13.7 Å². The molecule has 1 amide bonds. The molecule has 0 saturated carbocycles.